The normalized spacial score (nSPS) is 16.3. The lowest BCUT2D eigenvalue weighted by Gasteiger charge is -2.32. The van der Waals surface area contributed by atoms with E-state index in [9.17, 15) is 18.0 Å². The first-order valence-corrected chi connectivity index (χ1v) is 11.0. The molecule has 4 rings (SSSR count). The number of nitrogens with zero attached hydrogens (tertiary/aromatic N) is 3. The topological polar surface area (TPSA) is 67.3 Å². The Morgan fingerprint density at radius 3 is 2.53 bits per heavy atom. The molecule has 1 N–H and O–H groups in total. The number of anilines is 2. The van der Waals surface area contributed by atoms with Crippen molar-refractivity contribution >= 4 is 29.0 Å². The highest BCUT2D eigenvalue weighted by Gasteiger charge is 2.32. The number of ether oxygens (including phenoxy) is 1. The molecule has 1 atom stereocenters. The predicted octanol–water partition coefficient (Wildman–Crippen LogP) is 5.68. The molecule has 1 amide bonds. The zero-order valence-corrected chi connectivity index (χ0v) is 19.0. The van der Waals surface area contributed by atoms with Crippen LogP contribution in [-0.2, 0) is 11.0 Å². The number of carbonyl (C=O) groups is 1. The van der Waals surface area contributed by atoms with Crippen molar-refractivity contribution in [3.8, 4) is 17.0 Å². The lowest BCUT2D eigenvalue weighted by atomic mass is 9.97. The Hall–Kier alpha value is -3.33. The standard InChI is InChI=1S/C24H22ClF3N4O2/c1-34-18-7-4-15(5-8-18)20-10-11-22(31-30-20)32-12-2-3-16(14-32)23(33)29-21-13-17(24(26,27)28)6-9-19(21)25/h4-11,13,16H,2-3,12,14H2,1H3,(H,29,33). The van der Waals surface area contributed by atoms with Crippen LogP contribution in [0.1, 0.15) is 18.4 Å². The van der Waals surface area contributed by atoms with Gasteiger partial charge in [0.05, 0.1) is 35.0 Å². The summed E-state index contributed by atoms with van der Waals surface area (Å²) in [5, 5.41) is 11.2. The molecule has 0 bridgehead atoms. The molecule has 1 unspecified atom stereocenters. The maximum atomic E-state index is 13.0. The summed E-state index contributed by atoms with van der Waals surface area (Å²) in [5.74, 6) is 0.570. The number of hydrogen-bond donors (Lipinski definition) is 1. The summed E-state index contributed by atoms with van der Waals surface area (Å²) in [4.78, 5) is 14.8. The number of hydrogen-bond acceptors (Lipinski definition) is 5. The number of carbonyl (C=O) groups excluding carboxylic acids is 1. The van der Waals surface area contributed by atoms with Gasteiger partial charge in [0, 0.05) is 18.7 Å². The number of halogens is 4. The third-order valence-electron chi connectivity index (χ3n) is 5.70. The van der Waals surface area contributed by atoms with Crippen LogP contribution in [0.5, 0.6) is 5.75 Å². The fourth-order valence-corrected chi connectivity index (χ4v) is 4.01. The van der Waals surface area contributed by atoms with Crippen molar-refractivity contribution in [2.45, 2.75) is 19.0 Å². The number of rotatable bonds is 5. The van der Waals surface area contributed by atoms with Crippen LogP contribution in [0.2, 0.25) is 5.02 Å². The Morgan fingerprint density at radius 2 is 1.88 bits per heavy atom. The highest BCUT2D eigenvalue weighted by Crippen LogP contribution is 2.34. The van der Waals surface area contributed by atoms with Crippen LogP contribution < -0.4 is 15.0 Å². The minimum atomic E-state index is -4.53. The number of benzene rings is 2. The quantitative estimate of drug-likeness (QED) is 0.498. The van der Waals surface area contributed by atoms with Crippen LogP contribution in [0.25, 0.3) is 11.3 Å². The van der Waals surface area contributed by atoms with Crippen molar-refractivity contribution in [1.29, 1.82) is 0 Å². The van der Waals surface area contributed by atoms with Gasteiger partial charge in [0.25, 0.3) is 0 Å². The highest BCUT2D eigenvalue weighted by molar-refractivity contribution is 6.33. The second kappa shape index (κ2) is 9.89. The van der Waals surface area contributed by atoms with Crippen LogP contribution in [0, 0.1) is 5.92 Å². The average Bonchev–Trinajstić information content (AvgIpc) is 2.85. The van der Waals surface area contributed by atoms with Gasteiger partial charge in [-0.15, -0.1) is 10.2 Å². The molecule has 1 saturated heterocycles. The maximum absolute atomic E-state index is 13.0. The summed E-state index contributed by atoms with van der Waals surface area (Å²) in [6.45, 7) is 1.07. The molecule has 1 aromatic heterocycles. The van der Waals surface area contributed by atoms with Gasteiger partial charge >= 0.3 is 6.18 Å². The number of amides is 1. The van der Waals surface area contributed by atoms with E-state index in [2.05, 4.69) is 15.5 Å². The molecule has 2 aromatic carbocycles. The molecule has 2 heterocycles. The average molecular weight is 491 g/mol. The van der Waals surface area contributed by atoms with Gasteiger partial charge in [-0.1, -0.05) is 11.6 Å². The molecule has 178 valence electrons. The first kappa shape index (κ1) is 23.8. The number of alkyl halides is 3. The van der Waals surface area contributed by atoms with Gasteiger partial charge < -0.3 is 15.0 Å². The second-order valence-electron chi connectivity index (χ2n) is 7.97. The van der Waals surface area contributed by atoms with Gasteiger partial charge in [-0.25, -0.2) is 0 Å². The van der Waals surface area contributed by atoms with E-state index >= 15 is 0 Å². The van der Waals surface area contributed by atoms with Crippen molar-refractivity contribution in [1.82, 2.24) is 10.2 Å². The van der Waals surface area contributed by atoms with E-state index in [4.69, 9.17) is 16.3 Å². The first-order chi connectivity index (χ1) is 16.2. The Labute approximate surface area is 199 Å². The fraction of sp³-hybridized carbons (Fsp3) is 0.292. The highest BCUT2D eigenvalue weighted by atomic mass is 35.5. The number of nitrogens with one attached hydrogen (secondary N) is 1. The van der Waals surface area contributed by atoms with Gasteiger partial charge in [0.2, 0.25) is 5.91 Å². The number of aromatic nitrogens is 2. The molecule has 1 aliphatic rings. The van der Waals surface area contributed by atoms with Gasteiger partial charge in [0.1, 0.15) is 5.75 Å². The first-order valence-electron chi connectivity index (χ1n) is 10.7. The fourth-order valence-electron chi connectivity index (χ4n) is 3.84. The summed E-state index contributed by atoms with van der Waals surface area (Å²) in [7, 11) is 1.60. The van der Waals surface area contributed by atoms with Crippen LogP contribution in [0.4, 0.5) is 24.7 Å². The summed E-state index contributed by atoms with van der Waals surface area (Å²) in [6, 6.07) is 14.0. The van der Waals surface area contributed by atoms with Gasteiger partial charge in [-0.05, 0) is 67.4 Å². The molecule has 0 spiro atoms. The molecule has 6 nitrogen and oxygen atoms in total. The molecular formula is C24H22ClF3N4O2. The molecule has 34 heavy (non-hydrogen) atoms. The minimum absolute atomic E-state index is 0.0500. The Bertz CT molecular complexity index is 1150. The van der Waals surface area contributed by atoms with Crippen molar-refractivity contribution in [2.24, 2.45) is 5.92 Å². The van der Waals surface area contributed by atoms with Crippen LogP contribution in [-0.4, -0.2) is 36.3 Å². The van der Waals surface area contributed by atoms with Crippen molar-refractivity contribution in [2.75, 3.05) is 30.4 Å². The second-order valence-corrected chi connectivity index (χ2v) is 8.38. The SMILES string of the molecule is COc1ccc(-c2ccc(N3CCCC(C(=O)Nc4cc(C(F)(F)F)ccc4Cl)C3)nn2)cc1. The molecular weight excluding hydrogens is 469 g/mol. The van der Waals surface area contributed by atoms with Crippen molar-refractivity contribution in [3.63, 3.8) is 0 Å². The Kier molecular flexibility index (Phi) is 6.92. The van der Waals surface area contributed by atoms with E-state index in [1.165, 1.54) is 0 Å². The van der Waals surface area contributed by atoms with Crippen LogP contribution >= 0.6 is 11.6 Å². The lowest BCUT2D eigenvalue weighted by molar-refractivity contribution is -0.137. The predicted molar refractivity (Wildman–Crippen MR) is 124 cm³/mol. The van der Waals surface area contributed by atoms with E-state index in [0.717, 1.165) is 35.9 Å². The summed E-state index contributed by atoms with van der Waals surface area (Å²) < 4.78 is 44.2. The number of piperidine rings is 1. The summed E-state index contributed by atoms with van der Waals surface area (Å²) >= 11 is 6.02. The van der Waals surface area contributed by atoms with E-state index < -0.39 is 17.7 Å². The Morgan fingerprint density at radius 1 is 1.12 bits per heavy atom. The smallest absolute Gasteiger partial charge is 0.416 e. The Balaban J connectivity index is 1.43. The molecule has 0 aliphatic carbocycles. The lowest BCUT2D eigenvalue weighted by Crippen LogP contribution is -2.41. The van der Waals surface area contributed by atoms with Crippen molar-refractivity contribution in [3.05, 3.63) is 65.2 Å². The molecule has 1 aliphatic heterocycles. The zero-order chi connectivity index (χ0) is 24.3. The van der Waals surface area contributed by atoms with E-state index in [0.29, 0.717) is 31.0 Å². The largest absolute Gasteiger partial charge is 0.497 e. The van der Waals surface area contributed by atoms with Crippen molar-refractivity contribution < 1.29 is 22.7 Å². The van der Waals surface area contributed by atoms with Gasteiger partial charge in [0.15, 0.2) is 5.82 Å². The van der Waals surface area contributed by atoms with E-state index in [-0.39, 0.29) is 16.6 Å². The minimum Gasteiger partial charge on any atom is -0.497 e. The molecule has 0 radical (unpaired) electrons. The number of methoxy groups -OCH3 is 1. The molecule has 10 heteroatoms. The summed E-state index contributed by atoms with van der Waals surface area (Å²) in [6.07, 6.45) is -3.19. The monoisotopic (exact) mass is 490 g/mol. The van der Waals surface area contributed by atoms with E-state index in [1.54, 1.807) is 7.11 Å². The zero-order valence-electron chi connectivity index (χ0n) is 18.3. The van der Waals surface area contributed by atoms with Crippen LogP contribution in [0.3, 0.4) is 0 Å². The molecule has 3 aromatic rings. The third-order valence-corrected chi connectivity index (χ3v) is 6.03. The third kappa shape index (κ3) is 5.41. The van der Waals surface area contributed by atoms with Gasteiger partial charge in [-0.2, -0.15) is 13.2 Å². The molecule has 1 fully saturated rings. The van der Waals surface area contributed by atoms with E-state index in [1.807, 2.05) is 41.3 Å². The van der Waals surface area contributed by atoms with Crippen LogP contribution in [0.15, 0.2) is 54.6 Å². The van der Waals surface area contributed by atoms with Gasteiger partial charge in [-0.3, -0.25) is 4.79 Å². The summed E-state index contributed by atoms with van der Waals surface area (Å²) in [5.41, 5.74) is 0.678. The molecule has 0 saturated carbocycles. The maximum Gasteiger partial charge on any atom is 0.416 e.